The summed E-state index contributed by atoms with van der Waals surface area (Å²) in [6.45, 7) is 4.57. The van der Waals surface area contributed by atoms with Crippen molar-refractivity contribution in [1.29, 1.82) is 0 Å². The third kappa shape index (κ3) is 3.04. The van der Waals surface area contributed by atoms with E-state index in [1.807, 2.05) is 0 Å². The van der Waals surface area contributed by atoms with Crippen molar-refractivity contribution in [2.24, 2.45) is 4.99 Å². The number of nitrogens with zero attached hydrogens (tertiary/aromatic N) is 1. The molecule has 0 saturated heterocycles. The van der Waals surface area contributed by atoms with Gasteiger partial charge in [0, 0.05) is 5.56 Å². The molecule has 1 aliphatic rings. The summed E-state index contributed by atoms with van der Waals surface area (Å²) < 4.78 is 0. The molecule has 0 bridgehead atoms. The van der Waals surface area contributed by atoms with E-state index in [2.05, 4.69) is 123 Å². The predicted octanol–water partition coefficient (Wildman–Crippen LogP) is 7.67. The lowest BCUT2D eigenvalue weighted by molar-refractivity contribution is 0.730. The second-order valence-electron chi connectivity index (χ2n) is 8.36. The van der Waals surface area contributed by atoms with Crippen LogP contribution in [0.4, 0.5) is 5.69 Å². The van der Waals surface area contributed by atoms with Crippen molar-refractivity contribution in [3.05, 3.63) is 137 Å². The van der Waals surface area contributed by atoms with Gasteiger partial charge in [-0.15, -0.1) is 0 Å². The zero-order valence-electron chi connectivity index (χ0n) is 18.1. The van der Waals surface area contributed by atoms with Gasteiger partial charge >= 0.3 is 0 Å². The lowest BCUT2D eigenvalue weighted by Gasteiger charge is -2.35. The highest BCUT2D eigenvalue weighted by atomic mass is 14.8. The van der Waals surface area contributed by atoms with Gasteiger partial charge in [0.2, 0.25) is 0 Å². The normalized spacial score (nSPS) is 15.2. The smallest absolute Gasteiger partial charge is 0.0901 e. The van der Waals surface area contributed by atoms with Crippen LogP contribution in [-0.2, 0) is 5.41 Å². The van der Waals surface area contributed by atoms with Gasteiger partial charge in [-0.2, -0.15) is 0 Å². The maximum Gasteiger partial charge on any atom is 0.0901 e. The van der Waals surface area contributed by atoms with E-state index in [0.29, 0.717) is 5.92 Å². The Kier molecular flexibility index (Phi) is 5.03. The molecule has 0 radical (unpaired) electrons. The number of hydrogen-bond donors (Lipinski definition) is 0. The molecule has 4 aromatic rings. The fourth-order valence-corrected chi connectivity index (χ4v) is 4.97. The van der Waals surface area contributed by atoms with Gasteiger partial charge in [0.15, 0.2) is 0 Å². The first-order valence-electron chi connectivity index (χ1n) is 11.2. The fourth-order valence-electron chi connectivity index (χ4n) is 4.97. The minimum absolute atomic E-state index is 0.442. The maximum atomic E-state index is 5.32. The number of para-hydroxylation sites is 1. The van der Waals surface area contributed by atoms with Crippen molar-refractivity contribution >= 4 is 11.4 Å². The first-order chi connectivity index (χ1) is 15.3. The zero-order valence-corrected chi connectivity index (χ0v) is 18.1. The largest absolute Gasteiger partial charge is 0.251 e. The monoisotopic (exact) mass is 401 g/mol. The Bertz CT molecular complexity index is 1180. The molecule has 4 aromatic carbocycles. The average molecular weight is 402 g/mol. The van der Waals surface area contributed by atoms with Crippen LogP contribution in [0.5, 0.6) is 0 Å². The van der Waals surface area contributed by atoms with Crippen molar-refractivity contribution in [2.45, 2.75) is 31.6 Å². The Labute approximate surface area is 185 Å². The van der Waals surface area contributed by atoms with E-state index in [4.69, 9.17) is 4.99 Å². The van der Waals surface area contributed by atoms with E-state index in [1.54, 1.807) is 0 Å². The van der Waals surface area contributed by atoms with Crippen molar-refractivity contribution in [1.82, 2.24) is 0 Å². The topological polar surface area (TPSA) is 12.4 Å². The number of fused-ring (bicyclic) bond motifs is 1. The van der Waals surface area contributed by atoms with Crippen molar-refractivity contribution in [2.75, 3.05) is 0 Å². The van der Waals surface area contributed by atoms with Gasteiger partial charge in [-0.1, -0.05) is 117 Å². The minimum Gasteiger partial charge on any atom is -0.251 e. The molecular weight excluding hydrogens is 374 g/mol. The highest BCUT2D eigenvalue weighted by Gasteiger charge is 2.47. The fraction of sp³-hybridized carbons (Fsp3) is 0.167. The summed E-state index contributed by atoms with van der Waals surface area (Å²) >= 11 is 0. The van der Waals surface area contributed by atoms with Crippen LogP contribution in [0.3, 0.4) is 0 Å². The predicted molar refractivity (Wildman–Crippen MR) is 131 cm³/mol. The van der Waals surface area contributed by atoms with Gasteiger partial charge in [-0.25, -0.2) is 0 Å². The molecule has 31 heavy (non-hydrogen) atoms. The molecule has 0 spiro atoms. The number of rotatable bonds is 5. The van der Waals surface area contributed by atoms with Gasteiger partial charge in [-0.3, -0.25) is 4.99 Å². The standard InChI is InChI=1S/C30H27N/c1-3-22(2)25-18-10-11-19-26(25)29-30(23-14-6-4-7-15-23,24-16-8-5-9-17-24)27-20-12-13-21-28(27)31-29/h4-22H,3H2,1-2H3. The van der Waals surface area contributed by atoms with E-state index in [-0.39, 0.29) is 0 Å². The number of aliphatic imine (C=N–C) groups is 1. The van der Waals surface area contributed by atoms with Crippen molar-refractivity contribution < 1.29 is 0 Å². The Hall–Kier alpha value is -3.45. The molecule has 5 rings (SSSR count). The van der Waals surface area contributed by atoms with E-state index < -0.39 is 5.41 Å². The average Bonchev–Trinajstić information content (AvgIpc) is 3.20. The molecule has 1 heteroatoms. The lowest BCUT2D eigenvalue weighted by Crippen LogP contribution is -2.37. The first-order valence-corrected chi connectivity index (χ1v) is 11.2. The molecule has 0 aliphatic carbocycles. The van der Waals surface area contributed by atoms with Crippen LogP contribution in [0, 0.1) is 0 Å². The Morgan fingerprint density at radius 1 is 0.677 bits per heavy atom. The van der Waals surface area contributed by atoms with Crippen LogP contribution in [0.2, 0.25) is 0 Å². The van der Waals surface area contributed by atoms with E-state index >= 15 is 0 Å². The second-order valence-corrected chi connectivity index (χ2v) is 8.36. The van der Waals surface area contributed by atoms with Crippen LogP contribution in [0.25, 0.3) is 0 Å². The summed E-state index contributed by atoms with van der Waals surface area (Å²) in [4.78, 5) is 5.32. The molecular formula is C30H27N. The lowest BCUT2D eigenvalue weighted by atomic mass is 9.65. The maximum absolute atomic E-state index is 5.32. The molecule has 1 unspecified atom stereocenters. The van der Waals surface area contributed by atoms with Gasteiger partial charge in [0.25, 0.3) is 0 Å². The minimum atomic E-state index is -0.442. The highest BCUT2D eigenvalue weighted by molar-refractivity contribution is 6.17. The molecule has 0 aromatic heterocycles. The van der Waals surface area contributed by atoms with Gasteiger partial charge in [0.1, 0.15) is 0 Å². The molecule has 1 atom stereocenters. The van der Waals surface area contributed by atoms with Crippen LogP contribution in [0.1, 0.15) is 54.0 Å². The molecule has 1 nitrogen and oxygen atoms in total. The van der Waals surface area contributed by atoms with Crippen LogP contribution in [0.15, 0.2) is 114 Å². The van der Waals surface area contributed by atoms with Gasteiger partial charge in [0.05, 0.1) is 16.8 Å². The molecule has 1 heterocycles. The third-order valence-corrected chi connectivity index (χ3v) is 6.67. The highest BCUT2D eigenvalue weighted by Crippen LogP contribution is 2.51. The molecule has 1 aliphatic heterocycles. The Morgan fingerprint density at radius 3 is 1.87 bits per heavy atom. The molecule has 0 amide bonds. The molecule has 152 valence electrons. The molecule has 0 saturated carbocycles. The molecule has 0 N–H and O–H groups in total. The summed E-state index contributed by atoms with van der Waals surface area (Å²) in [5.41, 5.74) is 8.12. The summed E-state index contributed by atoms with van der Waals surface area (Å²) in [5.74, 6) is 0.465. The quantitative estimate of drug-likeness (QED) is 0.325. The number of benzene rings is 4. The first kappa shape index (κ1) is 19.5. The van der Waals surface area contributed by atoms with Gasteiger partial charge in [-0.05, 0) is 40.7 Å². The zero-order chi connectivity index (χ0) is 21.3. The second kappa shape index (κ2) is 8.00. The van der Waals surface area contributed by atoms with Crippen molar-refractivity contribution in [3.63, 3.8) is 0 Å². The van der Waals surface area contributed by atoms with E-state index in [1.165, 1.54) is 27.8 Å². The summed E-state index contributed by atoms with van der Waals surface area (Å²) in [6, 6.07) is 39.2. The number of hydrogen-bond acceptors (Lipinski definition) is 1. The van der Waals surface area contributed by atoms with E-state index in [0.717, 1.165) is 17.8 Å². The van der Waals surface area contributed by atoms with Crippen LogP contribution < -0.4 is 0 Å². The summed E-state index contributed by atoms with van der Waals surface area (Å²) in [6.07, 6.45) is 1.10. The van der Waals surface area contributed by atoms with Crippen LogP contribution in [-0.4, -0.2) is 5.71 Å². The summed E-state index contributed by atoms with van der Waals surface area (Å²) in [7, 11) is 0. The SMILES string of the molecule is CCC(C)c1ccccc1C1=Nc2ccccc2C1(c1ccccc1)c1ccccc1. The third-order valence-electron chi connectivity index (χ3n) is 6.67. The van der Waals surface area contributed by atoms with Crippen molar-refractivity contribution in [3.8, 4) is 0 Å². The van der Waals surface area contributed by atoms with Gasteiger partial charge < -0.3 is 0 Å². The van der Waals surface area contributed by atoms with Crippen LogP contribution >= 0.6 is 0 Å². The van der Waals surface area contributed by atoms with E-state index in [9.17, 15) is 0 Å². The molecule has 0 fully saturated rings. The summed E-state index contributed by atoms with van der Waals surface area (Å²) in [5, 5.41) is 0. The Morgan fingerprint density at radius 2 is 1.23 bits per heavy atom. The Balaban J connectivity index is 1.89.